The molecule has 0 atom stereocenters. The number of alkyl halides is 3. The summed E-state index contributed by atoms with van der Waals surface area (Å²) in [6, 6.07) is 14.0. The van der Waals surface area contributed by atoms with E-state index in [1.165, 1.54) is 44.7 Å². The number of halogens is 4. The molecule has 196 valence electrons. The molecule has 0 unspecified atom stereocenters. The Balaban J connectivity index is 1.95. The standard InChI is InChI=1S/C24H21ClF3N3O5S/c1-35-18-9-11-22(36-2)16(12-18)14-29-30-23(32)15-31(37(33,34)19-6-4-3-5-7-19)21-13-17(24(26,27)28)8-10-20(21)25/h3-14H,15H2,1-2H3,(H,30,32)/b29-14-. The lowest BCUT2D eigenvalue weighted by Crippen LogP contribution is -2.40. The molecule has 1 N–H and O–H groups in total. The molecule has 0 aliphatic heterocycles. The van der Waals surface area contributed by atoms with E-state index < -0.39 is 39.9 Å². The number of ether oxygens (including phenoxy) is 2. The zero-order chi connectivity index (χ0) is 27.2. The molecular weight excluding hydrogens is 535 g/mol. The molecule has 1 amide bonds. The number of nitrogens with one attached hydrogen (secondary N) is 1. The first-order valence-electron chi connectivity index (χ1n) is 10.5. The number of carbonyl (C=O) groups is 1. The van der Waals surface area contributed by atoms with Crippen LogP contribution < -0.4 is 19.2 Å². The Labute approximate surface area is 216 Å². The van der Waals surface area contributed by atoms with Crippen molar-refractivity contribution in [2.75, 3.05) is 25.1 Å². The summed E-state index contributed by atoms with van der Waals surface area (Å²) in [6.45, 7) is -0.912. The van der Waals surface area contributed by atoms with Crippen molar-refractivity contribution in [1.82, 2.24) is 5.43 Å². The minimum Gasteiger partial charge on any atom is -0.497 e. The van der Waals surface area contributed by atoms with Gasteiger partial charge in [0.05, 0.1) is 41.6 Å². The molecular formula is C24H21ClF3N3O5S. The largest absolute Gasteiger partial charge is 0.497 e. The number of sulfonamides is 1. The van der Waals surface area contributed by atoms with Crippen molar-refractivity contribution < 1.29 is 35.9 Å². The number of hydrogen-bond donors (Lipinski definition) is 1. The number of anilines is 1. The molecule has 0 aromatic heterocycles. The fraction of sp³-hybridized carbons (Fsp3) is 0.167. The number of rotatable bonds is 9. The zero-order valence-electron chi connectivity index (χ0n) is 19.5. The van der Waals surface area contributed by atoms with Gasteiger partial charge in [0.15, 0.2) is 0 Å². The summed E-state index contributed by atoms with van der Waals surface area (Å²) in [6.07, 6.45) is -3.53. The Hall–Kier alpha value is -3.77. The SMILES string of the molecule is COc1ccc(OC)c(/C=N\NC(=O)CN(c2cc(C(F)(F)F)ccc2Cl)S(=O)(=O)c2ccccc2)c1. The lowest BCUT2D eigenvalue weighted by molar-refractivity contribution is -0.137. The summed E-state index contributed by atoms with van der Waals surface area (Å²) in [7, 11) is -1.60. The second-order valence-corrected chi connectivity index (χ2v) is 9.66. The number of nitrogens with zero attached hydrogens (tertiary/aromatic N) is 2. The van der Waals surface area contributed by atoms with Crippen LogP contribution in [0.3, 0.4) is 0 Å². The van der Waals surface area contributed by atoms with Crippen LogP contribution >= 0.6 is 11.6 Å². The van der Waals surface area contributed by atoms with Crippen LogP contribution in [0.25, 0.3) is 0 Å². The fourth-order valence-corrected chi connectivity index (χ4v) is 4.90. The van der Waals surface area contributed by atoms with Gasteiger partial charge in [0.2, 0.25) is 0 Å². The van der Waals surface area contributed by atoms with Crippen LogP contribution in [0.4, 0.5) is 18.9 Å². The highest BCUT2D eigenvalue weighted by Gasteiger charge is 2.34. The maximum absolute atomic E-state index is 13.4. The third-order valence-electron chi connectivity index (χ3n) is 4.99. The molecule has 0 aliphatic rings. The zero-order valence-corrected chi connectivity index (χ0v) is 21.1. The molecule has 8 nitrogen and oxygen atoms in total. The van der Waals surface area contributed by atoms with Gasteiger partial charge in [-0.25, -0.2) is 13.8 Å². The molecule has 0 spiro atoms. The van der Waals surface area contributed by atoms with E-state index in [1.807, 2.05) is 0 Å². The van der Waals surface area contributed by atoms with Crippen LogP contribution in [0.1, 0.15) is 11.1 Å². The normalized spacial score (nSPS) is 11.8. The second-order valence-electron chi connectivity index (χ2n) is 7.39. The Kier molecular flexibility index (Phi) is 8.66. The maximum Gasteiger partial charge on any atom is 0.416 e. The lowest BCUT2D eigenvalue weighted by atomic mass is 10.2. The Morgan fingerprint density at radius 3 is 2.38 bits per heavy atom. The summed E-state index contributed by atoms with van der Waals surface area (Å²) in [5.41, 5.74) is 0.957. The van der Waals surface area contributed by atoms with Crippen LogP contribution in [-0.4, -0.2) is 41.3 Å². The topological polar surface area (TPSA) is 97.3 Å². The Morgan fingerprint density at radius 1 is 1.05 bits per heavy atom. The minimum absolute atomic E-state index is 0.249. The minimum atomic E-state index is -4.77. The number of hydrogen-bond acceptors (Lipinski definition) is 6. The number of amides is 1. The first-order chi connectivity index (χ1) is 17.5. The maximum atomic E-state index is 13.4. The van der Waals surface area contributed by atoms with Crippen molar-refractivity contribution in [3.8, 4) is 11.5 Å². The smallest absolute Gasteiger partial charge is 0.416 e. The van der Waals surface area contributed by atoms with Gasteiger partial charge in [0, 0.05) is 5.56 Å². The van der Waals surface area contributed by atoms with E-state index in [-0.39, 0.29) is 9.92 Å². The molecule has 0 aliphatic carbocycles. The molecule has 37 heavy (non-hydrogen) atoms. The highest BCUT2D eigenvalue weighted by molar-refractivity contribution is 7.92. The molecule has 3 aromatic rings. The van der Waals surface area contributed by atoms with Crippen molar-refractivity contribution >= 4 is 39.4 Å². The van der Waals surface area contributed by atoms with Gasteiger partial charge in [-0.3, -0.25) is 9.10 Å². The van der Waals surface area contributed by atoms with Crippen LogP contribution in [0, 0.1) is 0 Å². The van der Waals surface area contributed by atoms with Gasteiger partial charge in [0.1, 0.15) is 18.0 Å². The van der Waals surface area contributed by atoms with Gasteiger partial charge in [-0.1, -0.05) is 29.8 Å². The third kappa shape index (κ3) is 6.71. The molecule has 0 saturated heterocycles. The van der Waals surface area contributed by atoms with Crippen LogP contribution in [0.5, 0.6) is 11.5 Å². The third-order valence-corrected chi connectivity index (χ3v) is 7.08. The predicted octanol–water partition coefficient (Wildman–Crippen LogP) is 4.72. The first kappa shape index (κ1) is 27.8. The fourth-order valence-electron chi connectivity index (χ4n) is 3.18. The monoisotopic (exact) mass is 555 g/mol. The van der Waals surface area contributed by atoms with Gasteiger partial charge in [-0.2, -0.15) is 18.3 Å². The molecule has 0 fully saturated rings. The van der Waals surface area contributed by atoms with E-state index in [4.69, 9.17) is 21.1 Å². The number of hydrazone groups is 1. The van der Waals surface area contributed by atoms with Gasteiger partial charge < -0.3 is 9.47 Å². The lowest BCUT2D eigenvalue weighted by Gasteiger charge is -2.25. The van der Waals surface area contributed by atoms with Crippen molar-refractivity contribution in [2.24, 2.45) is 5.10 Å². The quantitative estimate of drug-likeness (QED) is 0.304. The van der Waals surface area contributed by atoms with Crippen LogP contribution in [0.15, 0.2) is 76.7 Å². The van der Waals surface area contributed by atoms with E-state index in [2.05, 4.69) is 10.5 Å². The summed E-state index contributed by atoms with van der Waals surface area (Å²) in [5.74, 6) is -0.0261. The summed E-state index contributed by atoms with van der Waals surface area (Å²) in [4.78, 5) is 12.5. The Bertz CT molecular complexity index is 1400. The molecule has 0 saturated carbocycles. The summed E-state index contributed by atoms with van der Waals surface area (Å²) in [5, 5.41) is 3.51. The molecule has 0 radical (unpaired) electrons. The van der Waals surface area contributed by atoms with E-state index >= 15 is 0 Å². The van der Waals surface area contributed by atoms with E-state index in [9.17, 15) is 26.4 Å². The average Bonchev–Trinajstić information content (AvgIpc) is 2.87. The highest BCUT2D eigenvalue weighted by atomic mass is 35.5. The van der Waals surface area contributed by atoms with E-state index in [1.54, 1.807) is 24.3 Å². The highest BCUT2D eigenvalue weighted by Crippen LogP contribution is 2.37. The van der Waals surface area contributed by atoms with Crippen molar-refractivity contribution in [2.45, 2.75) is 11.1 Å². The van der Waals surface area contributed by atoms with Crippen molar-refractivity contribution in [1.29, 1.82) is 0 Å². The average molecular weight is 556 g/mol. The molecule has 3 aromatic carbocycles. The van der Waals surface area contributed by atoms with Gasteiger partial charge in [0.25, 0.3) is 15.9 Å². The number of benzene rings is 3. The van der Waals surface area contributed by atoms with Crippen molar-refractivity contribution in [3.05, 3.63) is 82.9 Å². The van der Waals surface area contributed by atoms with Crippen LogP contribution in [-0.2, 0) is 21.0 Å². The molecule has 0 bridgehead atoms. The second kappa shape index (κ2) is 11.5. The number of carbonyl (C=O) groups excluding carboxylic acids is 1. The first-order valence-corrected chi connectivity index (χ1v) is 12.3. The van der Waals surface area contributed by atoms with Crippen molar-refractivity contribution in [3.63, 3.8) is 0 Å². The van der Waals surface area contributed by atoms with Crippen LogP contribution in [0.2, 0.25) is 5.02 Å². The summed E-state index contributed by atoms with van der Waals surface area (Å²) >= 11 is 6.10. The summed E-state index contributed by atoms with van der Waals surface area (Å²) < 4.78 is 77.7. The van der Waals surface area contributed by atoms with E-state index in [0.717, 1.165) is 6.07 Å². The van der Waals surface area contributed by atoms with Gasteiger partial charge >= 0.3 is 6.18 Å². The predicted molar refractivity (Wildman–Crippen MR) is 133 cm³/mol. The van der Waals surface area contributed by atoms with Gasteiger partial charge in [-0.15, -0.1) is 0 Å². The number of methoxy groups -OCH3 is 2. The van der Waals surface area contributed by atoms with Gasteiger partial charge in [-0.05, 0) is 48.5 Å². The molecule has 0 heterocycles. The molecule has 3 rings (SSSR count). The Morgan fingerprint density at radius 2 is 1.76 bits per heavy atom. The molecule has 13 heteroatoms. The van der Waals surface area contributed by atoms with E-state index in [0.29, 0.717) is 33.5 Å².